The first kappa shape index (κ1) is 11.0. The summed E-state index contributed by atoms with van der Waals surface area (Å²) in [6.07, 6.45) is 5.35. The zero-order valence-corrected chi connectivity index (χ0v) is 9.38. The van der Waals surface area contributed by atoms with Crippen molar-refractivity contribution >= 4 is 0 Å². The van der Waals surface area contributed by atoms with Crippen LogP contribution in [0.3, 0.4) is 0 Å². The van der Waals surface area contributed by atoms with Crippen LogP contribution in [0.4, 0.5) is 0 Å². The molecule has 1 heteroatoms. The predicted molar refractivity (Wildman–Crippen MR) is 56.8 cm³/mol. The molecule has 0 aromatic rings. The van der Waals surface area contributed by atoms with E-state index in [2.05, 4.69) is 20.8 Å². The van der Waals surface area contributed by atoms with Gasteiger partial charge in [-0.3, -0.25) is 0 Å². The molecule has 2 atom stereocenters. The number of hydrogen-bond acceptors (Lipinski definition) is 1. The lowest BCUT2D eigenvalue weighted by atomic mass is 9.90. The van der Waals surface area contributed by atoms with Gasteiger partial charge in [0.05, 0.1) is 0 Å². The van der Waals surface area contributed by atoms with Gasteiger partial charge in [-0.25, -0.2) is 0 Å². The first-order valence-corrected chi connectivity index (χ1v) is 5.85. The number of ether oxygens (including phenoxy) is 1. The summed E-state index contributed by atoms with van der Waals surface area (Å²) >= 11 is 0. The van der Waals surface area contributed by atoms with E-state index in [0.29, 0.717) is 0 Å². The summed E-state index contributed by atoms with van der Waals surface area (Å²) in [5.41, 5.74) is 0. The molecule has 0 aromatic heterocycles. The Labute approximate surface area is 82.9 Å². The van der Waals surface area contributed by atoms with Crippen LogP contribution in [0, 0.1) is 17.8 Å². The van der Waals surface area contributed by atoms with E-state index < -0.39 is 0 Å². The van der Waals surface area contributed by atoms with Crippen molar-refractivity contribution in [1.82, 2.24) is 0 Å². The Bertz CT molecular complexity index is 129. The van der Waals surface area contributed by atoms with Crippen LogP contribution < -0.4 is 0 Å². The fraction of sp³-hybridized carbons (Fsp3) is 1.00. The second-order valence-electron chi connectivity index (χ2n) is 4.53. The summed E-state index contributed by atoms with van der Waals surface area (Å²) in [6, 6.07) is 0. The van der Waals surface area contributed by atoms with Crippen LogP contribution in [-0.2, 0) is 4.74 Å². The van der Waals surface area contributed by atoms with E-state index in [0.717, 1.165) is 31.0 Å². The Kier molecular flexibility index (Phi) is 4.79. The van der Waals surface area contributed by atoms with E-state index in [4.69, 9.17) is 4.74 Å². The van der Waals surface area contributed by atoms with E-state index in [9.17, 15) is 0 Å². The summed E-state index contributed by atoms with van der Waals surface area (Å²) in [6.45, 7) is 8.90. The van der Waals surface area contributed by atoms with E-state index >= 15 is 0 Å². The predicted octanol–water partition coefficient (Wildman–Crippen LogP) is 3.49. The fourth-order valence-corrected chi connectivity index (χ4v) is 1.69. The zero-order chi connectivity index (χ0) is 9.68. The van der Waals surface area contributed by atoms with Gasteiger partial charge in [0.15, 0.2) is 0 Å². The normalized spacial score (nSPS) is 21.5. The third kappa shape index (κ3) is 4.12. The van der Waals surface area contributed by atoms with Crippen LogP contribution in [0.25, 0.3) is 0 Å². The minimum absolute atomic E-state index is 0.781. The molecular weight excluding hydrogens is 160 g/mol. The minimum atomic E-state index is 0.781. The Morgan fingerprint density at radius 3 is 2.38 bits per heavy atom. The van der Waals surface area contributed by atoms with Gasteiger partial charge in [0.2, 0.25) is 0 Å². The molecule has 13 heavy (non-hydrogen) atoms. The molecule has 0 N–H and O–H groups in total. The minimum Gasteiger partial charge on any atom is -0.381 e. The van der Waals surface area contributed by atoms with Crippen molar-refractivity contribution in [2.75, 3.05) is 13.2 Å². The smallest absolute Gasteiger partial charge is 0.0496 e. The molecule has 0 heterocycles. The summed E-state index contributed by atoms with van der Waals surface area (Å²) in [7, 11) is 0. The summed E-state index contributed by atoms with van der Waals surface area (Å²) in [5.74, 6) is 2.52. The quantitative estimate of drug-likeness (QED) is 0.588. The van der Waals surface area contributed by atoms with Crippen molar-refractivity contribution in [3.63, 3.8) is 0 Å². The van der Waals surface area contributed by atoms with Gasteiger partial charge in [0.25, 0.3) is 0 Å². The van der Waals surface area contributed by atoms with E-state index in [1.54, 1.807) is 0 Å². The number of hydrogen-bond donors (Lipinski definition) is 0. The molecule has 0 amide bonds. The lowest BCUT2D eigenvalue weighted by Gasteiger charge is -2.21. The molecule has 2 unspecified atom stereocenters. The Hall–Kier alpha value is -0.0400. The van der Waals surface area contributed by atoms with Gasteiger partial charge in [-0.1, -0.05) is 33.6 Å². The SMILES string of the molecule is CCC(C)C(CC)COCC1CC1. The first-order chi connectivity index (χ1) is 6.27. The second-order valence-corrected chi connectivity index (χ2v) is 4.53. The molecule has 1 saturated carbocycles. The molecule has 0 aliphatic heterocycles. The van der Waals surface area contributed by atoms with Gasteiger partial charge in [-0.15, -0.1) is 0 Å². The molecule has 0 radical (unpaired) electrons. The maximum atomic E-state index is 5.73. The highest BCUT2D eigenvalue weighted by atomic mass is 16.5. The molecular formula is C12H24O. The summed E-state index contributed by atoms with van der Waals surface area (Å²) in [5, 5.41) is 0. The van der Waals surface area contributed by atoms with Gasteiger partial charge < -0.3 is 4.74 Å². The molecule has 1 aliphatic rings. The van der Waals surface area contributed by atoms with Crippen molar-refractivity contribution in [2.45, 2.75) is 46.5 Å². The van der Waals surface area contributed by atoms with Crippen LogP contribution in [0.5, 0.6) is 0 Å². The van der Waals surface area contributed by atoms with Gasteiger partial charge in [0, 0.05) is 13.2 Å². The second kappa shape index (κ2) is 5.64. The van der Waals surface area contributed by atoms with E-state index in [1.165, 1.54) is 25.7 Å². The van der Waals surface area contributed by atoms with Crippen molar-refractivity contribution in [3.05, 3.63) is 0 Å². The lowest BCUT2D eigenvalue weighted by molar-refractivity contribution is 0.0705. The largest absolute Gasteiger partial charge is 0.381 e. The molecule has 1 rings (SSSR count). The van der Waals surface area contributed by atoms with Crippen molar-refractivity contribution in [2.24, 2.45) is 17.8 Å². The summed E-state index contributed by atoms with van der Waals surface area (Å²) < 4.78 is 5.73. The first-order valence-electron chi connectivity index (χ1n) is 5.85. The van der Waals surface area contributed by atoms with Crippen LogP contribution in [-0.4, -0.2) is 13.2 Å². The molecule has 1 nitrogen and oxygen atoms in total. The third-order valence-electron chi connectivity index (χ3n) is 3.36. The molecule has 1 fully saturated rings. The monoisotopic (exact) mass is 184 g/mol. The lowest BCUT2D eigenvalue weighted by Crippen LogP contribution is -2.17. The molecule has 1 aliphatic carbocycles. The average molecular weight is 184 g/mol. The molecule has 0 saturated heterocycles. The van der Waals surface area contributed by atoms with Crippen LogP contribution in [0.1, 0.15) is 46.5 Å². The molecule has 0 spiro atoms. The Balaban J connectivity index is 2.06. The number of rotatable bonds is 7. The molecule has 0 aromatic carbocycles. The van der Waals surface area contributed by atoms with E-state index in [1.807, 2.05) is 0 Å². The van der Waals surface area contributed by atoms with Crippen LogP contribution in [0.15, 0.2) is 0 Å². The standard InChI is InChI=1S/C12H24O/c1-4-10(3)12(5-2)9-13-8-11-6-7-11/h10-12H,4-9H2,1-3H3. The van der Waals surface area contributed by atoms with Crippen molar-refractivity contribution < 1.29 is 4.74 Å². The van der Waals surface area contributed by atoms with Crippen LogP contribution >= 0.6 is 0 Å². The van der Waals surface area contributed by atoms with E-state index in [-0.39, 0.29) is 0 Å². The summed E-state index contributed by atoms with van der Waals surface area (Å²) in [4.78, 5) is 0. The highest BCUT2D eigenvalue weighted by Gasteiger charge is 2.22. The Morgan fingerprint density at radius 1 is 1.23 bits per heavy atom. The van der Waals surface area contributed by atoms with Crippen LogP contribution in [0.2, 0.25) is 0 Å². The van der Waals surface area contributed by atoms with Crippen molar-refractivity contribution in [3.8, 4) is 0 Å². The molecule has 78 valence electrons. The highest BCUT2D eigenvalue weighted by Crippen LogP contribution is 2.29. The maximum Gasteiger partial charge on any atom is 0.0496 e. The fourth-order valence-electron chi connectivity index (χ4n) is 1.69. The van der Waals surface area contributed by atoms with Gasteiger partial charge in [0.1, 0.15) is 0 Å². The topological polar surface area (TPSA) is 9.23 Å². The third-order valence-corrected chi connectivity index (χ3v) is 3.36. The van der Waals surface area contributed by atoms with Gasteiger partial charge in [-0.05, 0) is 30.6 Å². The molecule has 0 bridgehead atoms. The highest BCUT2D eigenvalue weighted by molar-refractivity contribution is 4.72. The Morgan fingerprint density at radius 2 is 1.92 bits per heavy atom. The average Bonchev–Trinajstić information content (AvgIpc) is 2.95. The maximum absolute atomic E-state index is 5.73. The zero-order valence-electron chi connectivity index (χ0n) is 9.38. The van der Waals surface area contributed by atoms with Gasteiger partial charge >= 0.3 is 0 Å². The van der Waals surface area contributed by atoms with Crippen molar-refractivity contribution in [1.29, 1.82) is 0 Å². The van der Waals surface area contributed by atoms with Gasteiger partial charge in [-0.2, -0.15) is 0 Å².